The number of aryl methyl sites for hydroxylation is 1. The summed E-state index contributed by atoms with van der Waals surface area (Å²) in [6, 6.07) is 0. The molecule has 6 nitrogen and oxygen atoms in total. The van der Waals surface area contributed by atoms with Crippen molar-refractivity contribution >= 4 is 5.97 Å². The van der Waals surface area contributed by atoms with Gasteiger partial charge in [-0.25, -0.2) is 14.8 Å². The fourth-order valence-electron chi connectivity index (χ4n) is 1.69. The molecule has 19 heavy (non-hydrogen) atoms. The molecule has 2 heterocycles. The van der Waals surface area contributed by atoms with Gasteiger partial charge < -0.3 is 13.7 Å². The molecule has 0 aliphatic heterocycles. The lowest BCUT2D eigenvalue weighted by Crippen LogP contribution is -2.17. The van der Waals surface area contributed by atoms with Gasteiger partial charge in [-0.05, 0) is 0 Å². The van der Waals surface area contributed by atoms with E-state index < -0.39 is 5.97 Å². The summed E-state index contributed by atoms with van der Waals surface area (Å²) in [5.41, 5.74) is 0.836. The number of imidazole rings is 1. The molecule has 0 spiro atoms. The number of ether oxygens (including phenoxy) is 1. The van der Waals surface area contributed by atoms with Crippen LogP contribution in [0.15, 0.2) is 16.9 Å². The lowest BCUT2D eigenvalue weighted by Gasteiger charge is -2.15. The molecule has 0 saturated heterocycles. The lowest BCUT2D eigenvalue weighted by molar-refractivity contribution is 0.0562. The minimum absolute atomic E-state index is 0.135. The van der Waals surface area contributed by atoms with Gasteiger partial charge in [-0.15, -0.1) is 0 Å². The number of carbonyl (C=O) groups is 1. The van der Waals surface area contributed by atoms with Gasteiger partial charge in [-0.1, -0.05) is 20.8 Å². The van der Waals surface area contributed by atoms with Crippen molar-refractivity contribution in [3.63, 3.8) is 0 Å². The summed E-state index contributed by atoms with van der Waals surface area (Å²) in [7, 11) is 3.17. The third-order valence-electron chi connectivity index (χ3n) is 2.63. The van der Waals surface area contributed by atoms with Crippen LogP contribution in [0.3, 0.4) is 0 Å². The summed E-state index contributed by atoms with van der Waals surface area (Å²) in [6.45, 7) is 5.87. The molecule has 0 amide bonds. The van der Waals surface area contributed by atoms with E-state index in [1.165, 1.54) is 7.11 Å². The number of oxazole rings is 1. The number of carbonyl (C=O) groups excluding carboxylic acids is 1. The number of rotatable bonds is 2. The van der Waals surface area contributed by atoms with Crippen LogP contribution < -0.4 is 0 Å². The molecule has 6 heteroatoms. The highest BCUT2D eigenvalue weighted by molar-refractivity contribution is 5.88. The Bertz CT molecular complexity index is 605. The molecule has 0 atom stereocenters. The summed E-state index contributed by atoms with van der Waals surface area (Å²) < 4.78 is 12.0. The van der Waals surface area contributed by atoms with Crippen LogP contribution in [0.5, 0.6) is 0 Å². The van der Waals surface area contributed by atoms with Crippen molar-refractivity contribution in [3.05, 3.63) is 24.0 Å². The van der Waals surface area contributed by atoms with Gasteiger partial charge in [-0.3, -0.25) is 0 Å². The highest BCUT2D eigenvalue weighted by atomic mass is 16.5. The molecule has 2 aromatic rings. The monoisotopic (exact) mass is 263 g/mol. The van der Waals surface area contributed by atoms with E-state index in [9.17, 15) is 4.79 Å². The normalized spacial score (nSPS) is 11.6. The first-order chi connectivity index (χ1) is 8.82. The Morgan fingerprint density at radius 1 is 1.42 bits per heavy atom. The molecule has 0 saturated carbocycles. The van der Waals surface area contributed by atoms with Gasteiger partial charge in [0.25, 0.3) is 0 Å². The van der Waals surface area contributed by atoms with Crippen LogP contribution in [0.4, 0.5) is 0 Å². The van der Waals surface area contributed by atoms with E-state index in [-0.39, 0.29) is 11.2 Å². The van der Waals surface area contributed by atoms with Gasteiger partial charge in [0, 0.05) is 18.7 Å². The van der Waals surface area contributed by atoms with Crippen LogP contribution in [0.1, 0.15) is 37.0 Å². The molecule has 0 aromatic carbocycles. The Hall–Kier alpha value is -2.11. The number of esters is 1. The smallest absolute Gasteiger partial charge is 0.376 e. The van der Waals surface area contributed by atoms with Crippen LogP contribution in [-0.4, -0.2) is 27.6 Å². The minimum Gasteiger partial charge on any atom is -0.463 e. The van der Waals surface area contributed by atoms with Crippen molar-refractivity contribution in [2.45, 2.75) is 26.2 Å². The summed E-state index contributed by atoms with van der Waals surface area (Å²) in [5, 5.41) is 0. The zero-order chi connectivity index (χ0) is 14.2. The van der Waals surface area contributed by atoms with Crippen molar-refractivity contribution in [1.82, 2.24) is 14.5 Å². The average molecular weight is 263 g/mol. The zero-order valence-electron chi connectivity index (χ0n) is 11.7. The molecular formula is C13H17N3O3. The molecule has 102 valence electrons. The maximum Gasteiger partial charge on any atom is 0.376 e. The second-order valence-corrected chi connectivity index (χ2v) is 5.36. The number of hydrogen-bond acceptors (Lipinski definition) is 5. The summed E-state index contributed by atoms with van der Waals surface area (Å²) in [5.74, 6) is -0.0683. The van der Waals surface area contributed by atoms with E-state index in [2.05, 4.69) is 9.97 Å². The van der Waals surface area contributed by atoms with E-state index in [4.69, 9.17) is 9.15 Å². The maximum absolute atomic E-state index is 11.7. The van der Waals surface area contributed by atoms with Crippen molar-refractivity contribution in [2.24, 2.45) is 7.05 Å². The van der Waals surface area contributed by atoms with Gasteiger partial charge in [0.15, 0.2) is 0 Å². The number of nitrogens with zero attached hydrogens (tertiary/aromatic N) is 3. The van der Waals surface area contributed by atoms with Gasteiger partial charge in [-0.2, -0.15) is 0 Å². The van der Waals surface area contributed by atoms with E-state index >= 15 is 0 Å². The lowest BCUT2D eigenvalue weighted by atomic mass is 9.91. The van der Waals surface area contributed by atoms with E-state index in [1.54, 1.807) is 17.1 Å². The molecular weight excluding hydrogens is 246 g/mol. The van der Waals surface area contributed by atoms with Crippen molar-refractivity contribution in [1.29, 1.82) is 0 Å². The van der Waals surface area contributed by atoms with Crippen molar-refractivity contribution < 1.29 is 13.9 Å². The fraction of sp³-hybridized carbons (Fsp3) is 0.462. The van der Waals surface area contributed by atoms with Gasteiger partial charge in [0.05, 0.1) is 13.4 Å². The molecule has 0 fully saturated rings. The average Bonchev–Trinajstić information content (AvgIpc) is 2.92. The Morgan fingerprint density at radius 2 is 2.11 bits per heavy atom. The molecule has 0 bridgehead atoms. The van der Waals surface area contributed by atoms with E-state index in [0.717, 1.165) is 0 Å². The zero-order valence-corrected chi connectivity index (χ0v) is 11.7. The predicted octanol–water partition coefficient (Wildman–Crippen LogP) is 2.16. The Morgan fingerprint density at radius 3 is 2.58 bits per heavy atom. The first kappa shape index (κ1) is 13.3. The van der Waals surface area contributed by atoms with Gasteiger partial charge in [0.1, 0.15) is 11.4 Å². The van der Waals surface area contributed by atoms with E-state index in [1.807, 2.05) is 27.8 Å². The fourth-order valence-corrected chi connectivity index (χ4v) is 1.69. The van der Waals surface area contributed by atoms with E-state index in [0.29, 0.717) is 17.3 Å². The highest BCUT2D eigenvalue weighted by Crippen LogP contribution is 2.29. The Labute approximate surface area is 111 Å². The standard InChI is InChI=1S/C13H17N3O3/c1-13(2,3)10-9(12(17)18-5)19-11(15-10)8-6-16(4)7-14-8/h6-7H,1-5H3. The SMILES string of the molecule is COC(=O)c1oc(-c2cn(C)cn2)nc1C(C)(C)C. The van der Waals surface area contributed by atoms with Crippen LogP contribution in [0, 0.1) is 0 Å². The first-order valence-electron chi connectivity index (χ1n) is 5.91. The van der Waals surface area contributed by atoms with Crippen LogP contribution in [-0.2, 0) is 17.2 Å². The topological polar surface area (TPSA) is 70.2 Å². The minimum atomic E-state index is -0.528. The second kappa shape index (κ2) is 4.53. The van der Waals surface area contributed by atoms with Gasteiger partial charge in [0.2, 0.25) is 11.7 Å². The quantitative estimate of drug-likeness (QED) is 0.776. The molecule has 2 rings (SSSR count). The van der Waals surface area contributed by atoms with Crippen molar-refractivity contribution in [2.75, 3.05) is 7.11 Å². The highest BCUT2D eigenvalue weighted by Gasteiger charge is 2.30. The first-order valence-corrected chi connectivity index (χ1v) is 5.91. The molecule has 2 aromatic heterocycles. The summed E-state index contributed by atoms with van der Waals surface area (Å²) >= 11 is 0. The summed E-state index contributed by atoms with van der Waals surface area (Å²) in [4.78, 5) is 20.3. The largest absolute Gasteiger partial charge is 0.463 e. The molecule has 0 aliphatic rings. The third-order valence-corrected chi connectivity index (χ3v) is 2.63. The van der Waals surface area contributed by atoms with Crippen LogP contribution >= 0.6 is 0 Å². The third kappa shape index (κ3) is 2.52. The van der Waals surface area contributed by atoms with Crippen LogP contribution in [0.2, 0.25) is 0 Å². The van der Waals surface area contributed by atoms with Crippen molar-refractivity contribution in [3.8, 4) is 11.6 Å². The number of hydrogen-bond donors (Lipinski definition) is 0. The maximum atomic E-state index is 11.7. The number of methoxy groups -OCH3 is 1. The second-order valence-electron chi connectivity index (χ2n) is 5.36. The van der Waals surface area contributed by atoms with Gasteiger partial charge >= 0.3 is 5.97 Å². The molecule has 0 unspecified atom stereocenters. The number of aromatic nitrogens is 3. The molecule has 0 aliphatic carbocycles. The summed E-state index contributed by atoms with van der Waals surface area (Å²) in [6.07, 6.45) is 3.42. The van der Waals surface area contributed by atoms with Crippen LogP contribution in [0.25, 0.3) is 11.6 Å². The molecule has 0 N–H and O–H groups in total. The Kier molecular flexibility index (Phi) is 3.18. The predicted molar refractivity (Wildman–Crippen MR) is 68.7 cm³/mol. The Balaban J connectivity index is 2.54. The molecule has 0 radical (unpaired) electrons.